The Bertz CT molecular complexity index is 2660. The van der Waals surface area contributed by atoms with E-state index in [1.165, 1.54) is 31.4 Å². The van der Waals surface area contributed by atoms with Crippen molar-refractivity contribution in [3.63, 3.8) is 0 Å². The monoisotopic (exact) mass is 878 g/mol. The molecule has 0 aliphatic carbocycles. The van der Waals surface area contributed by atoms with Gasteiger partial charge in [-0.05, 0) is 65.2 Å². The number of hydrogen-bond acceptors (Lipinski definition) is 5. The first kappa shape index (κ1) is 34.4. The van der Waals surface area contributed by atoms with Crippen LogP contribution in [0, 0.1) is 18.8 Å². The van der Waals surface area contributed by atoms with Crippen molar-refractivity contribution in [1.29, 1.82) is 0 Å². The molecule has 0 fully saturated rings. The Morgan fingerprint density at radius 2 is 1.42 bits per heavy atom. The number of ether oxygens (including phenoxy) is 1. The fraction of sp³-hybridized carbons (Fsp3) is 0.200. The van der Waals surface area contributed by atoms with E-state index in [2.05, 4.69) is 173 Å². The number of aromatic nitrogens is 2. The Labute approximate surface area is 323 Å². The van der Waals surface area contributed by atoms with Gasteiger partial charge in [-0.3, -0.25) is 0 Å². The van der Waals surface area contributed by atoms with Crippen molar-refractivity contribution < 1.29 is 25.8 Å². The van der Waals surface area contributed by atoms with Gasteiger partial charge in [-0.1, -0.05) is 83.5 Å². The van der Waals surface area contributed by atoms with Crippen LogP contribution in [0.15, 0.2) is 103 Å². The molecule has 0 N–H and O–H groups in total. The van der Waals surface area contributed by atoms with Gasteiger partial charge in [0.1, 0.15) is 5.82 Å². The Balaban J connectivity index is 0.00000387. The van der Waals surface area contributed by atoms with Crippen molar-refractivity contribution >= 4 is 70.4 Å². The number of benzene rings is 5. The Hall–Kier alpha value is -4.64. The standard InChI is InChI=1S/C45H39N4OS.Pt/c1-44(2,3)28-18-19-46-43(22-28)49-37-14-10-8-12-33(37)34-17-16-31(24-38(34)49)50-32-21-29(45(4,5)6)20-30(23-32)48-27-47(7)39-25-36-35-13-9-11-15-41(35)51-42(36)26-40(39)48;/h8-22,25-27H,1-7H3;/q-3;. The molecule has 0 saturated carbocycles. The molecule has 0 saturated heterocycles. The minimum atomic E-state index is -0.115. The summed E-state index contributed by atoms with van der Waals surface area (Å²) in [5.41, 5.74) is 7.51. The molecule has 0 atom stereocenters. The number of hydrogen-bond donors (Lipinski definition) is 0. The first-order valence-corrected chi connectivity index (χ1v) is 18.2. The van der Waals surface area contributed by atoms with Crippen LogP contribution in [0.3, 0.4) is 0 Å². The molecule has 1 aliphatic rings. The summed E-state index contributed by atoms with van der Waals surface area (Å²) in [4.78, 5) is 9.28. The zero-order valence-electron chi connectivity index (χ0n) is 30.3. The molecular weight excluding hydrogens is 840 g/mol. The van der Waals surface area contributed by atoms with Gasteiger partial charge < -0.3 is 19.1 Å². The average Bonchev–Trinajstić information content (AvgIpc) is 3.75. The third-order valence-electron chi connectivity index (χ3n) is 9.98. The number of anilines is 3. The molecule has 4 heterocycles. The van der Waals surface area contributed by atoms with Crippen LogP contribution in [0.25, 0.3) is 47.8 Å². The van der Waals surface area contributed by atoms with E-state index in [4.69, 9.17) is 9.72 Å². The fourth-order valence-electron chi connectivity index (χ4n) is 7.16. The predicted octanol–water partition coefficient (Wildman–Crippen LogP) is 12.2. The van der Waals surface area contributed by atoms with Crippen LogP contribution in [0.5, 0.6) is 11.5 Å². The van der Waals surface area contributed by atoms with Gasteiger partial charge in [-0.2, -0.15) is 12.7 Å². The minimum Gasteiger partial charge on any atom is -0.509 e. The van der Waals surface area contributed by atoms with E-state index < -0.39 is 0 Å². The van der Waals surface area contributed by atoms with Gasteiger partial charge in [0.25, 0.3) is 0 Å². The van der Waals surface area contributed by atoms with E-state index in [1.54, 1.807) is 0 Å². The van der Waals surface area contributed by atoms with Crippen LogP contribution >= 0.6 is 11.3 Å². The predicted molar refractivity (Wildman–Crippen MR) is 214 cm³/mol. The molecule has 264 valence electrons. The molecule has 1 aliphatic heterocycles. The smallest absolute Gasteiger partial charge is 0.135 e. The van der Waals surface area contributed by atoms with Gasteiger partial charge in [0.05, 0.1) is 0 Å². The van der Waals surface area contributed by atoms with Crippen LogP contribution in [0.1, 0.15) is 52.7 Å². The first-order chi connectivity index (χ1) is 24.4. The Morgan fingerprint density at radius 3 is 2.21 bits per heavy atom. The van der Waals surface area contributed by atoms with Crippen molar-refractivity contribution in [2.45, 2.75) is 52.4 Å². The van der Waals surface area contributed by atoms with Crippen LogP contribution in [0.4, 0.5) is 17.1 Å². The second-order valence-corrected chi connectivity index (χ2v) is 16.7. The molecule has 0 amide bonds. The molecule has 8 aromatic rings. The summed E-state index contributed by atoms with van der Waals surface area (Å²) >= 11 is 1.84. The Morgan fingerprint density at radius 1 is 0.673 bits per heavy atom. The third-order valence-corrected chi connectivity index (χ3v) is 11.1. The summed E-state index contributed by atoms with van der Waals surface area (Å²) in [5, 5.41) is 4.85. The van der Waals surface area contributed by atoms with Gasteiger partial charge in [-0.15, -0.1) is 58.3 Å². The number of para-hydroxylation sites is 1. The van der Waals surface area contributed by atoms with Crippen molar-refractivity contribution in [3.8, 4) is 17.3 Å². The van der Waals surface area contributed by atoms with Crippen molar-refractivity contribution in [2.24, 2.45) is 0 Å². The molecule has 0 spiro atoms. The first-order valence-electron chi connectivity index (χ1n) is 17.4. The number of pyridine rings is 1. The number of nitrogens with zero attached hydrogens (tertiary/aromatic N) is 4. The maximum Gasteiger partial charge on any atom is 0.135 e. The molecule has 0 radical (unpaired) electrons. The van der Waals surface area contributed by atoms with Gasteiger partial charge in [0.15, 0.2) is 0 Å². The minimum absolute atomic E-state index is 0. The quantitative estimate of drug-likeness (QED) is 0.165. The number of fused-ring (bicyclic) bond motifs is 7. The molecule has 0 unspecified atom stereocenters. The van der Waals surface area contributed by atoms with E-state index in [0.29, 0.717) is 11.5 Å². The molecular formula is C45H39N4OPtS-3. The molecule has 7 heteroatoms. The summed E-state index contributed by atoms with van der Waals surface area (Å²) in [7, 11) is 2.11. The van der Waals surface area contributed by atoms with E-state index in [-0.39, 0.29) is 31.9 Å². The third kappa shape index (κ3) is 5.77. The van der Waals surface area contributed by atoms with Crippen LogP contribution in [-0.4, -0.2) is 16.6 Å². The topological polar surface area (TPSA) is 33.5 Å². The summed E-state index contributed by atoms with van der Waals surface area (Å²) in [6.07, 6.45) is 1.90. The summed E-state index contributed by atoms with van der Waals surface area (Å²) < 4.78 is 11.5. The summed E-state index contributed by atoms with van der Waals surface area (Å²) in [5.74, 6) is 2.14. The zero-order chi connectivity index (χ0) is 35.2. The van der Waals surface area contributed by atoms with Crippen LogP contribution < -0.4 is 14.5 Å². The molecule has 9 rings (SSSR count). The molecule has 0 bridgehead atoms. The average molecular weight is 879 g/mol. The molecule has 5 nitrogen and oxygen atoms in total. The maximum absolute atomic E-state index is 6.72. The number of thiophene rings is 1. The zero-order valence-corrected chi connectivity index (χ0v) is 33.4. The van der Waals surface area contributed by atoms with Gasteiger partial charge in [0.2, 0.25) is 0 Å². The van der Waals surface area contributed by atoms with Crippen molar-refractivity contribution in [2.75, 3.05) is 16.8 Å². The second-order valence-electron chi connectivity index (χ2n) is 15.6. The number of rotatable bonds is 4. The second kappa shape index (κ2) is 12.5. The van der Waals surface area contributed by atoms with Crippen molar-refractivity contribution in [1.82, 2.24) is 9.55 Å². The Kier molecular flexibility index (Phi) is 8.28. The van der Waals surface area contributed by atoms with Crippen LogP contribution in [0.2, 0.25) is 0 Å². The summed E-state index contributed by atoms with van der Waals surface area (Å²) in [6.45, 7) is 15.5. The maximum atomic E-state index is 6.72. The fourth-order valence-corrected chi connectivity index (χ4v) is 8.28. The van der Waals surface area contributed by atoms with Gasteiger partial charge in [0, 0.05) is 75.8 Å². The summed E-state index contributed by atoms with van der Waals surface area (Å²) in [6, 6.07) is 41.8. The molecule has 3 aromatic heterocycles. The van der Waals surface area contributed by atoms with Crippen LogP contribution in [-0.2, 0) is 31.9 Å². The normalized spacial score (nSPS) is 13.4. The van der Waals surface area contributed by atoms with Crippen molar-refractivity contribution in [3.05, 3.63) is 133 Å². The van der Waals surface area contributed by atoms with E-state index in [1.807, 2.05) is 23.6 Å². The molecule has 5 aromatic carbocycles. The van der Waals surface area contributed by atoms with E-state index >= 15 is 0 Å². The van der Waals surface area contributed by atoms with Gasteiger partial charge in [-0.25, -0.2) is 4.98 Å². The molecule has 52 heavy (non-hydrogen) atoms. The SMILES string of the molecule is CN1[CH-]N(c2[c-]c(Oc3[c-]c4c(cc3)c3ccccc3n4-c3cc(C(C)(C)C)ccn3)cc(C(C)(C)C)c2)c2cc3sc4ccccc4c3cc21.[Pt]. The van der Waals surface area contributed by atoms with Gasteiger partial charge >= 0.3 is 0 Å². The van der Waals surface area contributed by atoms with E-state index in [0.717, 1.165) is 44.6 Å². The van der Waals surface area contributed by atoms with E-state index in [9.17, 15) is 0 Å². The largest absolute Gasteiger partial charge is 0.509 e.